The highest BCUT2D eigenvalue weighted by atomic mass is 16.6. The van der Waals surface area contributed by atoms with Gasteiger partial charge in [0.05, 0.1) is 5.75 Å². The molecule has 0 aliphatic carbocycles. The predicted molar refractivity (Wildman–Crippen MR) is 32.8 cm³/mol. The molecule has 10 heavy (non-hydrogen) atoms. The van der Waals surface area contributed by atoms with Crippen molar-refractivity contribution in [1.82, 2.24) is 0 Å². The summed E-state index contributed by atoms with van der Waals surface area (Å²) in [7, 11) is -2.23. The Morgan fingerprint density at radius 1 is 1.10 bits per heavy atom. The van der Waals surface area contributed by atoms with Crippen molar-refractivity contribution in [3.63, 3.8) is 0 Å². The third-order valence-corrected chi connectivity index (χ3v) is 0.976. The summed E-state index contributed by atoms with van der Waals surface area (Å²) in [6, 6.07) is 8.28. The minimum absolute atomic E-state index is 0.317. The zero-order valence-electron chi connectivity index (χ0n) is 5.19. The molecule has 4 heteroatoms. The van der Waals surface area contributed by atoms with Crippen molar-refractivity contribution in [1.29, 1.82) is 0 Å². The van der Waals surface area contributed by atoms with Crippen LogP contribution < -0.4 is 14.7 Å². The van der Waals surface area contributed by atoms with Gasteiger partial charge in [-0.2, -0.15) is 0 Å². The average molecular weight is 136 g/mol. The van der Waals surface area contributed by atoms with Crippen LogP contribution in [0.4, 0.5) is 0 Å². The molecule has 1 rings (SSSR count). The van der Waals surface area contributed by atoms with Crippen LogP contribution in [-0.2, 0) is 0 Å². The Bertz CT molecular complexity index is 187. The molecule has 1 aromatic rings. The van der Waals surface area contributed by atoms with E-state index in [2.05, 4.69) is 4.65 Å². The molecule has 0 saturated heterocycles. The van der Waals surface area contributed by atoms with Crippen LogP contribution in [0, 0.1) is 0 Å². The molecule has 0 heterocycles. The summed E-state index contributed by atoms with van der Waals surface area (Å²) in [5, 5.41) is 19.8. The third-order valence-electron chi connectivity index (χ3n) is 0.976. The number of hydrogen-bond donors (Lipinski definition) is 0. The smallest absolute Gasteiger partial charge is 0.133 e. The van der Waals surface area contributed by atoms with E-state index in [1.54, 1.807) is 30.3 Å². The standard InChI is InChI=1S/C6H5BO3/c8-7(9)10-6-4-2-1-3-5-6/h1-5H/q-2. The number of para-hydroxylation sites is 1. The summed E-state index contributed by atoms with van der Waals surface area (Å²) in [5.41, 5.74) is 0. The van der Waals surface area contributed by atoms with Gasteiger partial charge in [-0.25, -0.2) is 0 Å². The molecule has 52 valence electrons. The van der Waals surface area contributed by atoms with Gasteiger partial charge in [-0.1, -0.05) is 18.2 Å². The quantitative estimate of drug-likeness (QED) is 0.478. The zero-order chi connectivity index (χ0) is 7.40. The van der Waals surface area contributed by atoms with E-state index in [-0.39, 0.29) is 0 Å². The maximum atomic E-state index is 9.92. The zero-order valence-corrected chi connectivity index (χ0v) is 5.19. The van der Waals surface area contributed by atoms with Gasteiger partial charge >= 0.3 is 0 Å². The fourth-order valence-corrected chi connectivity index (χ4v) is 0.610. The van der Waals surface area contributed by atoms with Crippen LogP contribution in [0.1, 0.15) is 0 Å². The van der Waals surface area contributed by atoms with Crippen molar-refractivity contribution in [2.45, 2.75) is 0 Å². The van der Waals surface area contributed by atoms with Crippen molar-refractivity contribution in [2.75, 3.05) is 0 Å². The van der Waals surface area contributed by atoms with Gasteiger partial charge in [0.15, 0.2) is 0 Å². The van der Waals surface area contributed by atoms with Crippen molar-refractivity contribution >= 4 is 7.32 Å². The lowest BCUT2D eigenvalue weighted by atomic mass is 10.2. The number of hydrogen-bond acceptors (Lipinski definition) is 3. The molecule has 0 amide bonds. The lowest BCUT2D eigenvalue weighted by Crippen LogP contribution is -2.50. The molecule has 0 atom stereocenters. The summed E-state index contributed by atoms with van der Waals surface area (Å²) in [6.45, 7) is 0. The van der Waals surface area contributed by atoms with Gasteiger partial charge in [-0.3, -0.25) is 0 Å². The largest absolute Gasteiger partial charge is 0.860 e. The lowest BCUT2D eigenvalue weighted by Gasteiger charge is -2.26. The Kier molecular flexibility index (Phi) is 2.31. The van der Waals surface area contributed by atoms with Crippen LogP contribution in [0.15, 0.2) is 30.3 Å². The van der Waals surface area contributed by atoms with Gasteiger partial charge in [0.1, 0.15) is 7.32 Å². The van der Waals surface area contributed by atoms with Crippen LogP contribution in [0.2, 0.25) is 0 Å². The van der Waals surface area contributed by atoms with Crippen molar-refractivity contribution in [3.8, 4) is 5.75 Å². The second kappa shape index (κ2) is 3.24. The Labute approximate surface area is 59.1 Å². The summed E-state index contributed by atoms with van der Waals surface area (Å²) >= 11 is 0. The van der Waals surface area contributed by atoms with E-state index < -0.39 is 7.32 Å². The van der Waals surface area contributed by atoms with Crippen LogP contribution in [-0.4, -0.2) is 7.32 Å². The molecule has 3 nitrogen and oxygen atoms in total. The molecule has 0 radical (unpaired) electrons. The Morgan fingerprint density at radius 3 is 2.20 bits per heavy atom. The molecule has 0 N–H and O–H groups in total. The van der Waals surface area contributed by atoms with E-state index >= 15 is 0 Å². The van der Waals surface area contributed by atoms with Crippen molar-refractivity contribution in [3.05, 3.63) is 30.3 Å². The summed E-state index contributed by atoms with van der Waals surface area (Å²) in [4.78, 5) is 0. The van der Waals surface area contributed by atoms with E-state index in [0.29, 0.717) is 5.75 Å². The van der Waals surface area contributed by atoms with Crippen molar-refractivity contribution < 1.29 is 14.7 Å². The highest BCUT2D eigenvalue weighted by Gasteiger charge is 1.84. The number of benzene rings is 1. The Morgan fingerprint density at radius 2 is 1.70 bits per heavy atom. The molecule has 0 saturated carbocycles. The third kappa shape index (κ3) is 2.09. The molecule has 0 bridgehead atoms. The van der Waals surface area contributed by atoms with Crippen LogP contribution >= 0.6 is 0 Å². The summed E-state index contributed by atoms with van der Waals surface area (Å²) in [6.07, 6.45) is 0. The first-order valence-corrected chi connectivity index (χ1v) is 2.82. The van der Waals surface area contributed by atoms with Crippen LogP contribution in [0.5, 0.6) is 5.75 Å². The summed E-state index contributed by atoms with van der Waals surface area (Å²) in [5.74, 6) is 0.317. The number of rotatable bonds is 2. The van der Waals surface area contributed by atoms with Crippen LogP contribution in [0.3, 0.4) is 0 Å². The highest BCUT2D eigenvalue weighted by Crippen LogP contribution is 2.06. The minimum atomic E-state index is -2.23. The molecular weight excluding hydrogens is 131 g/mol. The first-order chi connectivity index (χ1) is 4.79. The monoisotopic (exact) mass is 136 g/mol. The molecule has 1 aromatic carbocycles. The van der Waals surface area contributed by atoms with Gasteiger partial charge in [-0.15, -0.1) is 0 Å². The highest BCUT2D eigenvalue weighted by molar-refractivity contribution is 6.29. The molecule has 0 fully saturated rings. The van der Waals surface area contributed by atoms with Gasteiger partial charge in [0.25, 0.3) is 0 Å². The molecule has 0 aliphatic heterocycles. The second-order valence-corrected chi connectivity index (χ2v) is 1.72. The van der Waals surface area contributed by atoms with E-state index in [1.165, 1.54) is 0 Å². The fourth-order valence-electron chi connectivity index (χ4n) is 0.610. The molecule has 0 unspecified atom stereocenters. The van der Waals surface area contributed by atoms with Crippen molar-refractivity contribution in [2.24, 2.45) is 0 Å². The summed E-state index contributed by atoms with van der Waals surface area (Å²) < 4.78 is 4.30. The van der Waals surface area contributed by atoms with Gasteiger partial charge < -0.3 is 14.7 Å². The van der Waals surface area contributed by atoms with E-state index in [4.69, 9.17) is 0 Å². The van der Waals surface area contributed by atoms with Gasteiger partial charge in [-0.05, 0) is 12.1 Å². The lowest BCUT2D eigenvalue weighted by molar-refractivity contribution is -0.372. The SMILES string of the molecule is [O-]B([O-])Oc1ccccc1. The van der Waals surface area contributed by atoms with Gasteiger partial charge in [0, 0.05) is 0 Å². The topological polar surface area (TPSA) is 55.3 Å². The molecule has 0 spiro atoms. The maximum absolute atomic E-state index is 9.92. The van der Waals surface area contributed by atoms with E-state index in [0.717, 1.165) is 0 Å². The van der Waals surface area contributed by atoms with Crippen LogP contribution in [0.25, 0.3) is 0 Å². The Hall–Kier alpha value is -0.995. The van der Waals surface area contributed by atoms with E-state index in [9.17, 15) is 10.0 Å². The minimum Gasteiger partial charge on any atom is -0.860 e. The van der Waals surface area contributed by atoms with Gasteiger partial charge in [0.2, 0.25) is 0 Å². The average Bonchev–Trinajstić information content (AvgIpc) is 1.88. The molecule has 0 aliphatic rings. The van der Waals surface area contributed by atoms with E-state index in [1.807, 2.05) is 0 Å². The molecule has 0 aromatic heterocycles. The first kappa shape index (κ1) is 7.12. The fraction of sp³-hybridized carbons (Fsp3) is 0. The Balaban J connectivity index is 2.59. The predicted octanol–water partition coefficient (Wildman–Crippen LogP) is -1.23. The normalized spacial score (nSPS) is 9.00. The second-order valence-electron chi connectivity index (χ2n) is 1.72. The maximum Gasteiger partial charge on any atom is 0.133 e. The molecular formula is C6H5BO3-2. The first-order valence-electron chi connectivity index (χ1n) is 2.82.